The van der Waals surface area contributed by atoms with Gasteiger partial charge < -0.3 is 20.3 Å². The van der Waals surface area contributed by atoms with Crippen molar-refractivity contribution >= 4 is 23.7 Å². The number of nitrogens with zero attached hydrogens (tertiary/aromatic N) is 4. The van der Waals surface area contributed by atoms with Crippen LogP contribution in [-0.4, -0.2) is 70.8 Å². The van der Waals surface area contributed by atoms with Crippen molar-refractivity contribution in [3.05, 3.63) is 70.8 Å². The molecule has 9 nitrogen and oxygen atoms in total. The van der Waals surface area contributed by atoms with E-state index in [0.717, 1.165) is 10.5 Å². The molecule has 15 heteroatoms. The van der Waals surface area contributed by atoms with Crippen LogP contribution in [0.25, 0.3) is 0 Å². The monoisotopic (exact) mass is 599 g/mol. The molecule has 0 spiro atoms. The zero-order valence-corrected chi connectivity index (χ0v) is 22.3. The number of ether oxygens (including phenoxy) is 1. The number of amides is 3. The van der Waals surface area contributed by atoms with E-state index in [0.29, 0.717) is 12.1 Å². The van der Waals surface area contributed by atoms with Crippen molar-refractivity contribution in [3.8, 4) is 0 Å². The van der Waals surface area contributed by atoms with Gasteiger partial charge in [0, 0.05) is 33.0 Å². The Kier molecular flexibility index (Phi) is 8.68. The lowest BCUT2D eigenvalue weighted by atomic mass is 10.0. The van der Waals surface area contributed by atoms with Gasteiger partial charge in [0.05, 0.1) is 23.5 Å². The summed E-state index contributed by atoms with van der Waals surface area (Å²) in [6, 6.07) is 8.75. The number of aliphatic imine (C=N–C) groups is 1. The predicted octanol–water partition coefficient (Wildman–Crippen LogP) is 4.01. The molecule has 2 aromatic rings. The first-order valence-corrected chi connectivity index (χ1v) is 12.8. The standard InChI is InChI=1S/C27H27F6N5O4/c1-35-21(34)12-20-24(40)36(13-16-5-3-2-4-6-16)14-22-37(8-7-23(39)38(20)22)25(41)42-15-17-9-18(26(28,29)30)11-19(10-17)27(31,32)33/h2-6,9-11,20,22H,7-8,12-15H2,1H3,(H2,34,35)/t20-,22?/m0/s1. The van der Waals surface area contributed by atoms with Gasteiger partial charge in [-0.3, -0.25) is 19.5 Å². The summed E-state index contributed by atoms with van der Waals surface area (Å²) in [7, 11) is 1.42. The summed E-state index contributed by atoms with van der Waals surface area (Å²) in [4.78, 5) is 47.4. The number of piperazine rings is 1. The van der Waals surface area contributed by atoms with Crippen molar-refractivity contribution in [2.24, 2.45) is 10.7 Å². The van der Waals surface area contributed by atoms with Crippen molar-refractivity contribution in [3.63, 3.8) is 0 Å². The molecule has 4 rings (SSSR count). The molecule has 2 atom stereocenters. The lowest BCUT2D eigenvalue weighted by Crippen LogP contribution is -2.71. The van der Waals surface area contributed by atoms with Gasteiger partial charge in [0.15, 0.2) is 0 Å². The topological polar surface area (TPSA) is 109 Å². The van der Waals surface area contributed by atoms with Crippen LogP contribution in [0.3, 0.4) is 0 Å². The normalized spacial score (nSPS) is 20.1. The highest BCUT2D eigenvalue weighted by Gasteiger charge is 2.49. The minimum absolute atomic E-state index is 0.0226. The van der Waals surface area contributed by atoms with Crippen LogP contribution in [0.4, 0.5) is 31.1 Å². The Labute approximate surface area is 236 Å². The summed E-state index contributed by atoms with van der Waals surface area (Å²) in [6.45, 7) is -1.01. The van der Waals surface area contributed by atoms with Gasteiger partial charge in [0.2, 0.25) is 11.8 Å². The fourth-order valence-electron chi connectivity index (χ4n) is 4.96. The third-order valence-electron chi connectivity index (χ3n) is 7.00. The van der Waals surface area contributed by atoms with Gasteiger partial charge in [-0.25, -0.2) is 4.79 Å². The van der Waals surface area contributed by atoms with E-state index in [4.69, 9.17) is 10.5 Å². The van der Waals surface area contributed by atoms with Gasteiger partial charge in [-0.05, 0) is 29.3 Å². The molecule has 2 N–H and O–H groups in total. The van der Waals surface area contributed by atoms with Gasteiger partial charge in [-0.2, -0.15) is 26.3 Å². The largest absolute Gasteiger partial charge is 0.444 e. The zero-order chi connectivity index (χ0) is 30.8. The van der Waals surface area contributed by atoms with Crippen LogP contribution in [0.1, 0.15) is 35.1 Å². The molecule has 1 unspecified atom stereocenters. The Bertz CT molecular complexity index is 1330. The average molecular weight is 600 g/mol. The zero-order valence-electron chi connectivity index (χ0n) is 22.3. The molecule has 2 fully saturated rings. The van der Waals surface area contributed by atoms with Crippen molar-refractivity contribution in [2.75, 3.05) is 20.1 Å². The Balaban J connectivity index is 1.60. The number of nitrogens with two attached hydrogens (primary N) is 1. The van der Waals surface area contributed by atoms with E-state index in [2.05, 4.69) is 4.99 Å². The Hall–Kier alpha value is -4.30. The molecule has 0 radical (unpaired) electrons. The van der Waals surface area contributed by atoms with Crippen LogP contribution in [0.5, 0.6) is 0 Å². The Morgan fingerprint density at radius 3 is 2.19 bits per heavy atom. The van der Waals surface area contributed by atoms with E-state index in [9.17, 15) is 40.7 Å². The molecule has 0 aliphatic carbocycles. The predicted molar refractivity (Wildman–Crippen MR) is 136 cm³/mol. The fourth-order valence-corrected chi connectivity index (χ4v) is 4.96. The molecular formula is C27H27F6N5O4. The van der Waals surface area contributed by atoms with E-state index in [1.807, 2.05) is 0 Å². The molecular weight excluding hydrogens is 572 g/mol. The summed E-state index contributed by atoms with van der Waals surface area (Å²) in [6.07, 6.45) is -12.5. The smallest absolute Gasteiger partial charge is 0.416 e. The molecule has 0 aromatic heterocycles. The molecule has 0 bridgehead atoms. The van der Waals surface area contributed by atoms with Crippen molar-refractivity contribution < 1.29 is 45.5 Å². The molecule has 2 aromatic carbocycles. The second kappa shape index (κ2) is 11.9. The summed E-state index contributed by atoms with van der Waals surface area (Å²) in [5.41, 5.74) is 3.06. The molecule has 2 aliphatic heterocycles. The third kappa shape index (κ3) is 6.77. The Morgan fingerprint density at radius 1 is 1.00 bits per heavy atom. The van der Waals surface area contributed by atoms with Crippen LogP contribution >= 0.6 is 0 Å². The van der Waals surface area contributed by atoms with Crippen molar-refractivity contribution in [1.82, 2.24) is 14.7 Å². The molecule has 42 heavy (non-hydrogen) atoms. The summed E-state index contributed by atoms with van der Waals surface area (Å²) < 4.78 is 84.7. The van der Waals surface area contributed by atoms with Gasteiger partial charge in [-0.1, -0.05) is 30.3 Å². The number of carbonyl (C=O) groups is 3. The number of fused-ring (bicyclic) bond motifs is 1. The minimum atomic E-state index is -5.07. The van der Waals surface area contributed by atoms with E-state index >= 15 is 0 Å². The van der Waals surface area contributed by atoms with E-state index in [-0.39, 0.29) is 44.4 Å². The Morgan fingerprint density at radius 2 is 1.62 bits per heavy atom. The first-order valence-electron chi connectivity index (χ1n) is 12.8. The highest BCUT2D eigenvalue weighted by molar-refractivity contribution is 5.95. The molecule has 226 valence electrons. The molecule has 2 aliphatic rings. The molecule has 2 heterocycles. The molecule has 2 saturated heterocycles. The lowest BCUT2D eigenvalue weighted by molar-refractivity contribution is -0.168. The summed E-state index contributed by atoms with van der Waals surface area (Å²) in [5.74, 6) is -0.765. The maximum atomic E-state index is 13.5. The minimum Gasteiger partial charge on any atom is -0.444 e. The third-order valence-corrected chi connectivity index (χ3v) is 7.00. The second-order valence-electron chi connectivity index (χ2n) is 9.83. The van der Waals surface area contributed by atoms with Gasteiger partial charge in [0.1, 0.15) is 18.8 Å². The second-order valence-corrected chi connectivity index (χ2v) is 9.83. The SMILES string of the molecule is CN=C(N)C[C@H]1C(=O)N(Cc2ccccc2)CC2N(C(=O)OCc3cc(C(F)(F)F)cc(C(F)(F)F)c3)CCC(=O)N21. The fraction of sp³-hybridized carbons (Fsp3) is 0.407. The van der Waals surface area contributed by atoms with Crippen molar-refractivity contribution in [2.45, 2.75) is 50.6 Å². The van der Waals surface area contributed by atoms with E-state index in [1.165, 1.54) is 16.8 Å². The number of halogens is 6. The summed E-state index contributed by atoms with van der Waals surface area (Å²) >= 11 is 0. The molecule has 3 amide bonds. The number of amidine groups is 1. The van der Waals surface area contributed by atoms with Crippen LogP contribution < -0.4 is 5.73 Å². The van der Waals surface area contributed by atoms with Gasteiger partial charge >= 0.3 is 18.4 Å². The summed E-state index contributed by atoms with van der Waals surface area (Å²) in [5, 5.41) is 0. The van der Waals surface area contributed by atoms with Crippen LogP contribution in [0.15, 0.2) is 53.5 Å². The quantitative estimate of drug-likeness (QED) is 0.307. The van der Waals surface area contributed by atoms with Crippen LogP contribution in [0.2, 0.25) is 0 Å². The van der Waals surface area contributed by atoms with Gasteiger partial charge in [-0.15, -0.1) is 0 Å². The van der Waals surface area contributed by atoms with Gasteiger partial charge in [0.25, 0.3) is 0 Å². The number of carbonyl (C=O) groups excluding carboxylic acids is 3. The highest BCUT2D eigenvalue weighted by Crippen LogP contribution is 2.36. The number of alkyl halides is 6. The van der Waals surface area contributed by atoms with Crippen LogP contribution in [0, 0.1) is 0 Å². The van der Waals surface area contributed by atoms with Crippen molar-refractivity contribution in [1.29, 1.82) is 0 Å². The number of benzene rings is 2. The van der Waals surface area contributed by atoms with E-state index < -0.39 is 65.8 Å². The number of hydrogen-bond acceptors (Lipinski definition) is 5. The first kappa shape index (κ1) is 30.7. The number of hydrogen-bond donors (Lipinski definition) is 1. The maximum absolute atomic E-state index is 13.5. The van der Waals surface area contributed by atoms with E-state index in [1.54, 1.807) is 30.3 Å². The van der Waals surface area contributed by atoms with Crippen LogP contribution in [-0.2, 0) is 39.8 Å². The molecule has 0 saturated carbocycles. The maximum Gasteiger partial charge on any atom is 0.416 e. The number of rotatable bonds is 6. The lowest BCUT2D eigenvalue weighted by Gasteiger charge is -2.51. The highest BCUT2D eigenvalue weighted by atomic mass is 19.4. The average Bonchev–Trinajstić information content (AvgIpc) is 2.93. The first-order chi connectivity index (χ1) is 19.7.